The first kappa shape index (κ1) is 22.1. The number of carboxylic acid groups (broad SMARTS) is 1. The number of rotatable bonds is 7. The summed E-state index contributed by atoms with van der Waals surface area (Å²) in [5, 5.41) is 10.4. The molecule has 1 rings (SSSR count). The van der Waals surface area contributed by atoms with Crippen molar-refractivity contribution < 1.29 is 14.7 Å². The summed E-state index contributed by atoms with van der Waals surface area (Å²) in [6.45, 7) is 9.04. The zero-order valence-corrected chi connectivity index (χ0v) is 15.8. The highest BCUT2D eigenvalue weighted by atomic mass is 16.4. The second kappa shape index (κ2) is 11.6. The molecule has 0 saturated heterocycles. The van der Waals surface area contributed by atoms with Crippen molar-refractivity contribution in [2.45, 2.75) is 40.0 Å². The third kappa shape index (κ3) is 10.8. The van der Waals surface area contributed by atoms with Crippen LogP contribution >= 0.6 is 0 Å². The van der Waals surface area contributed by atoms with Crippen molar-refractivity contribution in [1.29, 1.82) is 0 Å². The van der Waals surface area contributed by atoms with Crippen LogP contribution in [0.25, 0.3) is 0 Å². The summed E-state index contributed by atoms with van der Waals surface area (Å²) in [6.07, 6.45) is 1.09. The Kier molecular flexibility index (Phi) is 10.7. The van der Waals surface area contributed by atoms with Gasteiger partial charge in [0.15, 0.2) is 0 Å². The zero-order chi connectivity index (χ0) is 18.7. The van der Waals surface area contributed by atoms with Crippen LogP contribution in [0.5, 0.6) is 0 Å². The van der Waals surface area contributed by atoms with Crippen molar-refractivity contribution >= 4 is 11.9 Å². The predicted octanol–water partition coefficient (Wildman–Crippen LogP) is 2.76. The number of hydrogen-bond donors (Lipinski definition) is 2. The maximum atomic E-state index is 12.1. The van der Waals surface area contributed by atoms with E-state index < -0.39 is 5.97 Å². The second-order valence-corrected chi connectivity index (χ2v) is 6.67. The van der Waals surface area contributed by atoms with E-state index in [-0.39, 0.29) is 11.8 Å². The van der Waals surface area contributed by atoms with E-state index in [0.717, 1.165) is 25.5 Å². The van der Waals surface area contributed by atoms with E-state index in [1.165, 1.54) is 5.56 Å². The van der Waals surface area contributed by atoms with Crippen molar-refractivity contribution in [3.63, 3.8) is 0 Å². The molecule has 0 bridgehead atoms. The SMILES string of the molecule is CC(=O)O.CC(C)Cc1ccc(C(C)C(=O)NCCN(C)C)cc1. The molecular formula is C19H32N2O3. The van der Waals surface area contributed by atoms with Gasteiger partial charge in [-0.15, -0.1) is 0 Å². The quantitative estimate of drug-likeness (QED) is 0.803. The first-order chi connectivity index (χ1) is 11.1. The summed E-state index contributed by atoms with van der Waals surface area (Å²) in [4.78, 5) is 23.1. The van der Waals surface area contributed by atoms with E-state index in [2.05, 4.69) is 48.3 Å². The molecule has 0 heterocycles. The summed E-state index contributed by atoms with van der Waals surface area (Å²) in [5.74, 6) is -0.165. The number of amides is 1. The molecule has 0 radical (unpaired) electrons. The highest BCUT2D eigenvalue weighted by Crippen LogP contribution is 2.17. The van der Waals surface area contributed by atoms with Crippen LogP contribution in [0.3, 0.4) is 0 Å². The molecule has 0 aliphatic rings. The van der Waals surface area contributed by atoms with Gasteiger partial charge in [-0.2, -0.15) is 0 Å². The lowest BCUT2D eigenvalue weighted by atomic mass is 9.96. The van der Waals surface area contributed by atoms with Crippen molar-refractivity contribution in [3.8, 4) is 0 Å². The zero-order valence-electron chi connectivity index (χ0n) is 15.8. The molecule has 0 spiro atoms. The maximum absolute atomic E-state index is 12.1. The molecule has 1 unspecified atom stereocenters. The van der Waals surface area contributed by atoms with Crippen molar-refractivity contribution in [2.75, 3.05) is 27.2 Å². The van der Waals surface area contributed by atoms with Crippen LogP contribution in [-0.4, -0.2) is 49.1 Å². The molecule has 5 heteroatoms. The molecule has 1 amide bonds. The summed E-state index contributed by atoms with van der Waals surface area (Å²) < 4.78 is 0. The Morgan fingerprint density at radius 3 is 2.04 bits per heavy atom. The van der Waals surface area contributed by atoms with E-state index in [0.29, 0.717) is 12.5 Å². The van der Waals surface area contributed by atoms with E-state index in [1.807, 2.05) is 21.0 Å². The average molecular weight is 336 g/mol. The Morgan fingerprint density at radius 2 is 1.62 bits per heavy atom. The summed E-state index contributed by atoms with van der Waals surface area (Å²) in [5.41, 5.74) is 2.42. The van der Waals surface area contributed by atoms with Crippen molar-refractivity contribution in [1.82, 2.24) is 10.2 Å². The number of nitrogens with one attached hydrogen (secondary N) is 1. The molecular weight excluding hydrogens is 304 g/mol. The van der Waals surface area contributed by atoms with Gasteiger partial charge in [-0.1, -0.05) is 38.1 Å². The van der Waals surface area contributed by atoms with E-state index in [1.54, 1.807) is 0 Å². The van der Waals surface area contributed by atoms with Crippen LogP contribution in [0.4, 0.5) is 0 Å². The molecule has 1 aromatic rings. The standard InChI is InChI=1S/C17H28N2O.C2H4O2/c1-13(2)12-15-6-8-16(9-7-15)14(3)17(20)18-10-11-19(4)5;1-2(3)4/h6-9,13-14H,10-12H2,1-5H3,(H,18,20);1H3,(H,3,4). The van der Waals surface area contributed by atoms with Gasteiger partial charge in [-0.3, -0.25) is 9.59 Å². The Hall–Kier alpha value is -1.88. The molecule has 136 valence electrons. The molecule has 2 N–H and O–H groups in total. The summed E-state index contributed by atoms with van der Waals surface area (Å²) >= 11 is 0. The topological polar surface area (TPSA) is 69.6 Å². The Bertz CT molecular complexity index is 492. The molecule has 1 atom stereocenters. The van der Waals surface area contributed by atoms with Gasteiger partial charge in [0.1, 0.15) is 0 Å². The normalized spacial score (nSPS) is 11.7. The fourth-order valence-corrected chi connectivity index (χ4v) is 2.12. The molecule has 24 heavy (non-hydrogen) atoms. The molecule has 0 aliphatic carbocycles. The van der Waals surface area contributed by atoms with Crippen LogP contribution in [0, 0.1) is 5.92 Å². The number of carbonyl (C=O) groups is 2. The summed E-state index contributed by atoms with van der Waals surface area (Å²) in [6, 6.07) is 8.43. The van der Waals surface area contributed by atoms with Gasteiger partial charge in [-0.05, 0) is 44.5 Å². The monoisotopic (exact) mass is 336 g/mol. The lowest BCUT2D eigenvalue weighted by Gasteiger charge is -2.15. The maximum Gasteiger partial charge on any atom is 0.300 e. The molecule has 5 nitrogen and oxygen atoms in total. The van der Waals surface area contributed by atoms with Crippen molar-refractivity contribution in [3.05, 3.63) is 35.4 Å². The number of carbonyl (C=O) groups excluding carboxylic acids is 1. The fraction of sp³-hybridized carbons (Fsp3) is 0.579. The highest BCUT2D eigenvalue weighted by molar-refractivity contribution is 5.83. The van der Waals surface area contributed by atoms with E-state index in [9.17, 15) is 4.79 Å². The lowest BCUT2D eigenvalue weighted by Crippen LogP contribution is -2.33. The Balaban J connectivity index is 0.00000118. The number of benzene rings is 1. The molecule has 0 fully saturated rings. The minimum Gasteiger partial charge on any atom is -0.481 e. The molecule has 0 aromatic heterocycles. The van der Waals surface area contributed by atoms with Crippen LogP contribution in [-0.2, 0) is 16.0 Å². The highest BCUT2D eigenvalue weighted by Gasteiger charge is 2.14. The van der Waals surface area contributed by atoms with E-state index >= 15 is 0 Å². The Morgan fingerprint density at radius 1 is 1.12 bits per heavy atom. The number of nitrogens with zero attached hydrogens (tertiary/aromatic N) is 1. The van der Waals surface area contributed by atoms with Gasteiger partial charge in [0, 0.05) is 20.0 Å². The second-order valence-electron chi connectivity index (χ2n) is 6.67. The van der Waals surface area contributed by atoms with Crippen LogP contribution in [0.15, 0.2) is 24.3 Å². The van der Waals surface area contributed by atoms with Crippen molar-refractivity contribution in [2.24, 2.45) is 5.92 Å². The van der Waals surface area contributed by atoms with Crippen LogP contribution in [0.2, 0.25) is 0 Å². The first-order valence-electron chi connectivity index (χ1n) is 8.34. The molecule has 0 saturated carbocycles. The average Bonchev–Trinajstić information content (AvgIpc) is 2.45. The smallest absolute Gasteiger partial charge is 0.300 e. The minimum absolute atomic E-state index is 0.0923. The third-order valence-electron chi connectivity index (χ3n) is 3.38. The van der Waals surface area contributed by atoms with Crippen LogP contribution < -0.4 is 5.32 Å². The fourth-order valence-electron chi connectivity index (χ4n) is 2.12. The third-order valence-corrected chi connectivity index (χ3v) is 3.38. The molecule has 1 aromatic carbocycles. The van der Waals surface area contributed by atoms with Gasteiger partial charge < -0.3 is 15.3 Å². The number of likely N-dealkylation sites (N-methyl/N-ethyl adjacent to an activating group) is 1. The number of aliphatic carboxylic acids is 1. The van der Waals surface area contributed by atoms with Gasteiger partial charge in [-0.25, -0.2) is 0 Å². The first-order valence-corrected chi connectivity index (χ1v) is 8.34. The van der Waals surface area contributed by atoms with Crippen LogP contribution in [0.1, 0.15) is 44.7 Å². The van der Waals surface area contributed by atoms with Gasteiger partial charge in [0.05, 0.1) is 5.92 Å². The Labute approximate surface area is 146 Å². The van der Waals surface area contributed by atoms with Gasteiger partial charge in [0.25, 0.3) is 5.97 Å². The molecule has 0 aliphatic heterocycles. The van der Waals surface area contributed by atoms with Gasteiger partial charge in [0.2, 0.25) is 5.91 Å². The largest absolute Gasteiger partial charge is 0.481 e. The predicted molar refractivity (Wildman–Crippen MR) is 98.3 cm³/mol. The minimum atomic E-state index is -0.833. The lowest BCUT2D eigenvalue weighted by molar-refractivity contribution is -0.134. The van der Waals surface area contributed by atoms with E-state index in [4.69, 9.17) is 9.90 Å². The number of hydrogen-bond acceptors (Lipinski definition) is 3. The van der Waals surface area contributed by atoms with Gasteiger partial charge >= 0.3 is 0 Å². The number of carboxylic acids is 1. The summed E-state index contributed by atoms with van der Waals surface area (Å²) in [7, 11) is 4.01.